The number of hydrogen-bond donors (Lipinski definition) is 0. The highest BCUT2D eigenvalue weighted by Crippen LogP contribution is 2.43. The first-order chi connectivity index (χ1) is 7.63. The average molecular weight is 226 g/mol. The molecule has 4 nitrogen and oxygen atoms in total. The zero-order valence-electron chi connectivity index (χ0n) is 9.82. The van der Waals surface area contributed by atoms with Gasteiger partial charge in [-0.05, 0) is 12.8 Å². The summed E-state index contributed by atoms with van der Waals surface area (Å²) in [6.07, 6.45) is 4.73. The molecular weight excluding hydrogens is 208 g/mol. The molecule has 1 aliphatic carbocycles. The Balaban J connectivity index is 3.13. The van der Waals surface area contributed by atoms with Crippen molar-refractivity contribution in [2.45, 2.75) is 25.7 Å². The highest BCUT2D eigenvalue weighted by atomic mass is 16.5. The van der Waals surface area contributed by atoms with Crippen molar-refractivity contribution in [2.75, 3.05) is 14.2 Å². The minimum absolute atomic E-state index is 0.193. The summed E-state index contributed by atoms with van der Waals surface area (Å²) in [5.41, 5.74) is -1.18. The molecule has 0 aromatic heterocycles. The largest absolute Gasteiger partial charge is 0.468 e. The van der Waals surface area contributed by atoms with Gasteiger partial charge in [-0.25, -0.2) is 0 Å². The van der Waals surface area contributed by atoms with Crippen molar-refractivity contribution >= 4 is 11.9 Å². The van der Waals surface area contributed by atoms with Crippen LogP contribution in [0.15, 0.2) is 12.7 Å². The van der Waals surface area contributed by atoms with Crippen LogP contribution in [0.2, 0.25) is 0 Å². The Morgan fingerprint density at radius 2 is 1.81 bits per heavy atom. The van der Waals surface area contributed by atoms with Crippen LogP contribution < -0.4 is 0 Å². The molecule has 0 spiro atoms. The molecule has 0 aromatic rings. The molecule has 0 N–H and O–H groups in total. The number of esters is 2. The molecule has 1 rings (SSSR count). The molecule has 1 saturated carbocycles. The Labute approximate surface area is 95.6 Å². The van der Waals surface area contributed by atoms with Crippen LogP contribution in [-0.2, 0) is 19.1 Å². The normalized spacial score (nSPS) is 23.2. The van der Waals surface area contributed by atoms with Gasteiger partial charge < -0.3 is 9.47 Å². The summed E-state index contributed by atoms with van der Waals surface area (Å²) in [6, 6.07) is 0. The lowest BCUT2D eigenvalue weighted by Crippen LogP contribution is -2.48. The number of allylic oxidation sites excluding steroid dienone is 1. The molecule has 0 bridgehead atoms. The molecule has 1 aliphatic rings. The Morgan fingerprint density at radius 3 is 2.25 bits per heavy atom. The van der Waals surface area contributed by atoms with Gasteiger partial charge in [-0.3, -0.25) is 9.59 Å². The first-order valence-electron chi connectivity index (χ1n) is 5.43. The van der Waals surface area contributed by atoms with Crippen LogP contribution in [0.25, 0.3) is 0 Å². The van der Waals surface area contributed by atoms with Crippen molar-refractivity contribution < 1.29 is 19.1 Å². The minimum Gasteiger partial charge on any atom is -0.468 e. The minimum atomic E-state index is -1.18. The van der Waals surface area contributed by atoms with E-state index in [1.54, 1.807) is 6.08 Å². The van der Waals surface area contributed by atoms with E-state index < -0.39 is 17.4 Å². The molecule has 1 fully saturated rings. The average Bonchev–Trinajstić information content (AvgIpc) is 2.36. The number of methoxy groups -OCH3 is 2. The topological polar surface area (TPSA) is 52.6 Å². The van der Waals surface area contributed by atoms with Crippen LogP contribution in [0.4, 0.5) is 0 Å². The summed E-state index contributed by atoms with van der Waals surface area (Å²) in [5, 5.41) is 0. The maximum Gasteiger partial charge on any atom is 0.323 e. The maximum atomic E-state index is 11.9. The predicted molar refractivity (Wildman–Crippen MR) is 58.6 cm³/mol. The van der Waals surface area contributed by atoms with Crippen molar-refractivity contribution in [2.24, 2.45) is 11.3 Å². The van der Waals surface area contributed by atoms with Crippen molar-refractivity contribution in [3.8, 4) is 0 Å². The zero-order valence-corrected chi connectivity index (χ0v) is 9.82. The van der Waals surface area contributed by atoms with E-state index in [9.17, 15) is 9.59 Å². The van der Waals surface area contributed by atoms with E-state index in [-0.39, 0.29) is 5.92 Å². The molecule has 0 radical (unpaired) electrons. The zero-order chi connectivity index (χ0) is 12.2. The molecule has 0 heterocycles. The lowest BCUT2D eigenvalue weighted by molar-refractivity contribution is -0.175. The van der Waals surface area contributed by atoms with E-state index in [0.29, 0.717) is 6.42 Å². The van der Waals surface area contributed by atoms with Crippen molar-refractivity contribution in [1.29, 1.82) is 0 Å². The van der Waals surface area contributed by atoms with E-state index in [2.05, 4.69) is 6.58 Å². The smallest absolute Gasteiger partial charge is 0.323 e. The second-order valence-corrected chi connectivity index (χ2v) is 4.04. The van der Waals surface area contributed by atoms with Gasteiger partial charge in [0.1, 0.15) is 0 Å². The van der Waals surface area contributed by atoms with Crippen LogP contribution in [0.5, 0.6) is 0 Å². The van der Waals surface area contributed by atoms with Gasteiger partial charge in [-0.2, -0.15) is 0 Å². The first-order valence-corrected chi connectivity index (χ1v) is 5.43. The summed E-state index contributed by atoms with van der Waals surface area (Å²) in [4.78, 5) is 23.8. The van der Waals surface area contributed by atoms with Crippen LogP contribution in [0, 0.1) is 11.3 Å². The highest BCUT2D eigenvalue weighted by molar-refractivity contribution is 6.00. The van der Waals surface area contributed by atoms with E-state index >= 15 is 0 Å². The number of carbonyl (C=O) groups excluding carboxylic acids is 2. The number of rotatable bonds is 3. The van der Waals surface area contributed by atoms with Crippen LogP contribution >= 0.6 is 0 Å². The lowest BCUT2D eigenvalue weighted by atomic mass is 9.66. The molecule has 0 amide bonds. The summed E-state index contributed by atoms with van der Waals surface area (Å²) in [5.74, 6) is -1.21. The van der Waals surface area contributed by atoms with Gasteiger partial charge >= 0.3 is 11.9 Å². The van der Waals surface area contributed by atoms with Gasteiger partial charge in [0.05, 0.1) is 14.2 Å². The Bertz CT molecular complexity index is 279. The summed E-state index contributed by atoms with van der Waals surface area (Å²) < 4.78 is 9.52. The molecule has 90 valence electrons. The van der Waals surface area contributed by atoms with Gasteiger partial charge in [-0.15, -0.1) is 6.58 Å². The van der Waals surface area contributed by atoms with Crippen molar-refractivity contribution in [1.82, 2.24) is 0 Å². The fourth-order valence-corrected chi connectivity index (χ4v) is 2.47. The quantitative estimate of drug-likeness (QED) is 0.417. The molecule has 4 heteroatoms. The number of ether oxygens (including phenoxy) is 2. The molecular formula is C12H18O4. The van der Waals surface area contributed by atoms with Gasteiger partial charge in [0.2, 0.25) is 0 Å². The second kappa shape index (κ2) is 5.14. The monoisotopic (exact) mass is 226 g/mol. The predicted octanol–water partition coefficient (Wildman–Crippen LogP) is 1.70. The summed E-state index contributed by atoms with van der Waals surface area (Å²) in [7, 11) is 2.59. The van der Waals surface area contributed by atoms with E-state index in [1.807, 2.05) is 0 Å². The van der Waals surface area contributed by atoms with Crippen LogP contribution in [-0.4, -0.2) is 26.2 Å². The first kappa shape index (κ1) is 12.7. The Morgan fingerprint density at radius 1 is 1.25 bits per heavy atom. The fraction of sp³-hybridized carbons (Fsp3) is 0.667. The highest BCUT2D eigenvalue weighted by Gasteiger charge is 2.54. The third-order valence-corrected chi connectivity index (χ3v) is 3.35. The molecule has 16 heavy (non-hydrogen) atoms. The SMILES string of the molecule is C=CC1CCCCC1(C(=O)OC)C(=O)OC. The molecule has 0 saturated heterocycles. The summed E-state index contributed by atoms with van der Waals surface area (Å²) >= 11 is 0. The number of hydrogen-bond acceptors (Lipinski definition) is 4. The van der Waals surface area contributed by atoms with Gasteiger partial charge in [0, 0.05) is 5.92 Å². The van der Waals surface area contributed by atoms with Crippen molar-refractivity contribution in [3.05, 3.63) is 12.7 Å². The summed E-state index contributed by atoms with van der Waals surface area (Å²) in [6.45, 7) is 3.70. The molecule has 1 unspecified atom stereocenters. The van der Waals surface area contributed by atoms with Crippen molar-refractivity contribution in [3.63, 3.8) is 0 Å². The van der Waals surface area contributed by atoms with Gasteiger partial charge in [-0.1, -0.05) is 18.9 Å². The van der Waals surface area contributed by atoms with Crippen LogP contribution in [0.1, 0.15) is 25.7 Å². The number of carbonyl (C=O) groups is 2. The van der Waals surface area contributed by atoms with Gasteiger partial charge in [0.15, 0.2) is 5.41 Å². The van der Waals surface area contributed by atoms with E-state index in [4.69, 9.17) is 9.47 Å². The third kappa shape index (κ3) is 1.84. The van der Waals surface area contributed by atoms with E-state index in [0.717, 1.165) is 19.3 Å². The molecule has 0 aromatic carbocycles. The second-order valence-electron chi connectivity index (χ2n) is 4.04. The van der Waals surface area contributed by atoms with E-state index in [1.165, 1.54) is 14.2 Å². The Hall–Kier alpha value is -1.32. The fourth-order valence-electron chi connectivity index (χ4n) is 2.47. The molecule has 0 aliphatic heterocycles. The van der Waals surface area contributed by atoms with Crippen LogP contribution in [0.3, 0.4) is 0 Å². The maximum absolute atomic E-state index is 11.9. The molecule has 1 atom stereocenters. The Kier molecular flexibility index (Phi) is 4.10. The standard InChI is InChI=1S/C12H18O4/c1-4-9-7-5-6-8-12(9,10(13)15-2)11(14)16-3/h4,9H,1,5-8H2,2-3H3. The lowest BCUT2D eigenvalue weighted by Gasteiger charge is -2.37. The van der Waals surface area contributed by atoms with Gasteiger partial charge in [0.25, 0.3) is 0 Å². The third-order valence-electron chi connectivity index (χ3n) is 3.35.